The highest BCUT2D eigenvalue weighted by molar-refractivity contribution is 5.91. The van der Waals surface area contributed by atoms with E-state index in [1.165, 1.54) is 118 Å². The molecule has 2 bridgehead atoms. The Bertz CT molecular complexity index is 1470. The minimum Gasteiger partial charge on any atom is -0.508 e. The van der Waals surface area contributed by atoms with Gasteiger partial charge in [0.2, 0.25) is 0 Å². The lowest BCUT2D eigenvalue weighted by Crippen LogP contribution is -2.39. The maximum absolute atomic E-state index is 10.5. The molecule has 0 amide bonds. The summed E-state index contributed by atoms with van der Waals surface area (Å²) in [6.45, 7) is 0. The number of phenolic OH excluding ortho intramolecular Hbond substituents is 1. The van der Waals surface area contributed by atoms with Crippen LogP contribution < -0.4 is 4.74 Å². The number of rotatable bonds is 2. The maximum atomic E-state index is 10.5. The number of hydrogen-bond donors (Lipinski definition) is 2. The van der Waals surface area contributed by atoms with Gasteiger partial charge in [-0.25, -0.2) is 0 Å². The first-order valence-corrected chi connectivity index (χ1v) is 17.3. The molecule has 8 rings (SSSR count). The monoisotopic (exact) mass is 564 g/mol. The van der Waals surface area contributed by atoms with E-state index in [-0.39, 0.29) is 6.10 Å². The summed E-state index contributed by atoms with van der Waals surface area (Å²) in [5, 5.41) is 23.2. The summed E-state index contributed by atoms with van der Waals surface area (Å²) in [7, 11) is 0. The van der Waals surface area contributed by atoms with E-state index in [0.29, 0.717) is 23.0 Å². The highest BCUT2D eigenvalue weighted by Crippen LogP contribution is 2.59. The second-order valence-corrected chi connectivity index (χ2v) is 14.9. The van der Waals surface area contributed by atoms with Gasteiger partial charge < -0.3 is 14.9 Å². The van der Waals surface area contributed by atoms with Gasteiger partial charge in [0, 0.05) is 17.0 Å². The van der Waals surface area contributed by atoms with E-state index in [2.05, 4.69) is 30.3 Å². The van der Waals surface area contributed by atoms with Crippen molar-refractivity contribution in [2.45, 2.75) is 121 Å². The van der Waals surface area contributed by atoms with E-state index >= 15 is 0 Å². The molecule has 4 atom stereocenters. The number of aromatic hydroxyl groups is 1. The summed E-state index contributed by atoms with van der Waals surface area (Å²) in [4.78, 5) is 0. The van der Waals surface area contributed by atoms with Crippen molar-refractivity contribution >= 4 is 10.8 Å². The second kappa shape index (κ2) is 10.9. The fraction of sp³-hybridized carbons (Fsp3) is 0.590. The topological polar surface area (TPSA) is 49.7 Å². The Hall–Kier alpha value is -2.52. The molecular formula is C39H48O3. The third-order valence-electron chi connectivity index (χ3n) is 12.6. The Balaban J connectivity index is 1.17. The first-order chi connectivity index (χ1) is 20.6. The summed E-state index contributed by atoms with van der Waals surface area (Å²) in [5.41, 5.74) is 6.10. The molecule has 42 heavy (non-hydrogen) atoms. The smallest absolute Gasteiger partial charge is 0.131 e. The van der Waals surface area contributed by atoms with E-state index in [9.17, 15) is 10.2 Å². The Kier molecular flexibility index (Phi) is 7.01. The number of aliphatic hydroxyl groups excluding tert-OH is 1. The average molecular weight is 565 g/mol. The van der Waals surface area contributed by atoms with E-state index in [1.807, 2.05) is 12.1 Å². The Morgan fingerprint density at radius 2 is 1.52 bits per heavy atom. The summed E-state index contributed by atoms with van der Waals surface area (Å²) >= 11 is 0. The number of benzene rings is 3. The van der Waals surface area contributed by atoms with Crippen molar-refractivity contribution in [1.82, 2.24) is 0 Å². The molecule has 0 aromatic heterocycles. The Labute approximate surface area is 251 Å². The third-order valence-corrected chi connectivity index (χ3v) is 12.6. The predicted molar refractivity (Wildman–Crippen MR) is 170 cm³/mol. The Morgan fingerprint density at radius 3 is 2.43 bits per heavy atom. The standard InChI is InChI=1S/C39H48O3/c40-30-14-16-32-27(22-30)10-18-34-37(32)36(38-33-17-15-31(41)23-28(33)11-19-35(38)42-34)26-8-12-29(13-9-26)39-20-4-2-1-3-6-25(24-39)7-5-21-39/h10-11,14,16,18-19,22,25-26,29,31,36,40-41H,1-9,12-13,15,17,20-21,23-24H2. The summed E-state index contributed by atoms with van der Waals surface area (Å²) in [6, 6.07) is 14.5. The molecule has 0 spiro atoms. The van der Waals surface area contributed by atoms with Crippen molar-refractivity contribution in [2.75, 3.05) is 0 Å². The highest BCUT2D eigenvalue weighted by Gasteiger charge is 2.46. The van der Waals surface area contributed by atoms with Gasteiger partial charge in [-0.15, -0.1) is 0 Å². The number of fused-ring (bicyclic) bond motifs is 8. The summed E-state index contributed by atoms with van der Waals surface area (Å²) < 4.78 is 6.71. The molecule has 3 fully saturated rings. The van der Waals surface area contributed by atoms with Crippen molar-refractivity contribution in [3.05, 3.63) is 64.7 Å². The molecule has 3 aromatic carbocycles. The van der Waals surface area contributed by atoms with Gasteiger partial charge in [-0.1, -0.05) is 63.1 Å². The van der Waals surface area contributed by atoms with Crippen LogP contribution in [0, 0.1) is 23.2 Å². The van der Waals surface area contributed by atoms with Crippen LogP contribution in [0.3, 0.4) is 0 Å². The lowest BCUT2D eigenvalue weighted by Gasteiger charge is -2.50. The normalized spacial score (nSPS) is 32.8. The zero-order valence-corrected chi connectivity index (χ0v) is 25.3. The molecule has 1 aliphatic heterocycles. The van der Waals surface area contributed by atoms with E-state index in [1.54, 1.807) is 0 Å². The van der Waals surface area contributed by atoms with Gasteiger partial charge in [0.25, 0.3) is 0 Å². The van der Waals surface area contributed by atoms with Crippen LogP contribution in [-0.2, 0) is 12.8 Å². The molecule has 4 aliphatic carbocycles. The van der Waals surface area contributed by atoms with Crippen LogP contribution in [-0.4, -0.2) is 16.3 Å². The van der Waals surface area contributed by atoms with Crippen LogP contribution in [0.25, 0.3) is 10.8 Å². The van der Waals surface area contributed by atoms with Gasteiger partial charge in [0.05, 0.1) is 6.10 Å². The largest absolute Gasteiger partial charge is 0.508 e. The molecule has 0 radical (unpaired) electrons. The van der Waals surface area contributed by atoms with E-state index < -0.39 is 0 Å². The molecule has 4 unspecified atom stereocenters. The highest BCUT2D eigenvalue weighted by atomic mass is 16.5. The number of hydrogen-bond acceptors (Lipinski definition) is 3. The number of aliphatic hydroxyl groups is 1. The van der Waals surface area contributed by atoms with Crippen LogP contribution in [0.1, 0.15) is 124 Å². The van der Waals surface area contributed by atoms with Crippen molar-refractivity contribution in [3.8, 4) is 17.2 Å². The van der Waals surface area contributed by atoms with E-state index in [4.69, 9.17) is 4.74 Å². The predicted octanol–water partition coefficient (Wildman–Crippen LogP) is 9.97. The van der Waals surface area contributed by atoms with Gasteiger partial charge in [-0.05, 0) is 134 Å². The molecule has 3 saturated carbocycles. The molecule has 3 nitrogen and oxygen atoms in total. The summed E-state index contributed by atoms with van der Waals surface area (Å²) in [6.07, 6.45) is 22.3. The third kappa shape index (κ3) is 4.66. The van der Waals surface area contributed by atoms with E-state index in [0.717, 1.165) is 48.0 Å². The van der Waals surface area contributed by atoms with Crippen LogP contribution in [0.5, 0.6) is 17.2 Å². The van der Waals surface area contributed by atoms with Gasteiger partial charge in [-0.2, -0.15) is 0 Å². The van der Waals surface area contributed by atoms with Crippen molar-refractivity contribution in [1.29, 1.82) is 0 Å². The first kappa shape index (κ1) is 27.1. The van der Waals surface area contributed by atoms with Crippen LogP contribution >= 0.6 is 0 Å². The van der Waals surface area contributed by atoms with Crippen molar-refractivity contribution in [3.63, 3.8) is 0 Å². The van der Waals surface area contributed by atoms with Crippen LogP contribution in [0.4, 0.5) is 0 Å². The van der Waals surface area contributed by atoms with Gasteiger partial charge in [-0.3, -0.25) is 0 Å². The minimum absolute atomic E-state index is 0.239. The molecule has 0 saturated heterocycles. The van der Waals surface area contributed by atoms with Crippen LogP contribution in [0.2, 0.25) is 0 Å². The number of ether oxygens (including phenoxy) is 1. The number of phenols is 1. The first-order valence-electron chi connectivity index (χ1n) is 17.3. The molecule has 5 aliphatic rings. The second-order valence-electron chi connectivity index (χ2n) is 14.9. The molecule has 1 heterocycles. The molecular weight excluding hydrogens is 516 g/mol. The fourth-order valence-electron chi connectivity index (χ4n) is 10.6. The maximum Gasteiger partial charge on any atom is 0.131 e. The van der Waals surface area contributed by atoms with Crippen molar-refractivity contribution in [2.24, 2.45) is 23.2 Å². The fourth-order valence-corrected chi connectivity index (χ4v) is 10.6. The average Bonchev–Trinajstić information content (AvgIpc) is 3.08. The molecule has 222 valence electrons. The summed E-state index contributed by atoms with van der Waals surface area (Å²) in [5.74, 6) is 5.11. The van der Waals surface area contributed by atoms with Gasteiger partial charge >= 0.3 is 0 Å². The molecule has 3 heteroatoms. The quantitative estimate of drug-likeness (QED) is 0.326. The van der Waals surface area contributed by atoms with Crippen LogP contribution in [0.15, 0.2) is 42.5 Å². The Morgan fingerprint density at radius 1 is 0.738 bits per heavy atom. The zero-order valence-electron chi connectivity index (χ0n) is 25.3. The molecule has 2 N–H and O–H groups in total. The lowest BCUT2D eigenvalue weighted by atomic mass is 9.55. The molecule has 3 aromatic rings. The lowest BCUT2D eigenvalue weighted by molar-refractivity contribution is 0.0197. The van der Waals surface area contributed by atoms with Gasteiger partial charge in [0.15, 0.2) is 0 Å². The minimum atomic E-state index is -0.239. The zero-order chi connectivity index (χ0) is 28.3. The SMILES string of the molecule is Oc1ccc2c3c(ccc2c1)Oc1ccc2c(c1C3C1CCC(C34CCCCCCC(CCC3)C4)CC1)CCC(O)C2. The van der Waals surface area contributed by atoms with Crippen molar-refractivity contribution < 1.29 is 14.9 Å². The van der Waals surface area contributed by atoms with Gasteiger partial charge in [0.1, 0.15) is 17.2 Å².